The van der Waals surface area contributed by atoms with E-state index in [0.29, 0.717) is 17.7 Å². The molecule has 2 aromatic rings. The lowest BCUT2D eigenvalue weighted by Crippen LogP contribution is -2.62. The number of aromatic nitrogens is 1. The van der Waals surface area contributed by atoms with Gasteiger partial charge in [0.2, 0.25) is 0 Å². The number of carbonyl (C=O) groups excluding carboxylic acids is 1. The monoisotopic (exact) mass is 339 g/mol. The summed E-state index contributed by atoms with van der Waals surface area (Å²) in [4.78, 5) is 15.3. The highest BCUT2D eigenvalue weighted by Gasteiger charge is 2.40. The van der Waals surface area contributed by atoms with Gasteiger partial charge in [0.1, 0.15) is 11.4 Å². The van der Waals surface area contributed by atoms with E-state index in [1.807, 2.05) is 35.9 Å². The maximum atomic E-state index is 12.9. The number of rotatable bonds is 3. The third kappa shape index (κ3) is 2.72. The third-order valence-corrected chi connectivity index (χ3v) is 6.01. The van der Waals surface area contributed by atoms with E-state index in [0.717, 1.165) is 24.3 Å². The van der Waals surface area contributed by atoms with Gasteiger partial charge in [-0.2, -0.15) is 0 Å². The van der Waals surface area contributed by atoms with Crippen molar-refractivity contribution in [3.63, 3.8) is 0 Å². The standard InChI is InChI=1S/C20H25N3O2/c1-13-19(14-9-11-23(13)12-10-14)21-20(25)17-8-7-16(22(17)2)15-5-3-4-6-18(15)24/h3-8,13-14,19,24H,9-12H2,1-2H3,(H,21,25)/t13-,19-/m0/s1. The number of phenolic OH excluding ortho intramolecular Hbond substituents is 1. The fourth-order valence-corrected chi connectivity index (χ4v) is 4.47. The summed E-state index contributed by atoms with van der Waals surface area (Å²) in [6.45, 7) is 4.52. The number of phenols is 1. The molecule has 0 radical (unpaired) electrons. The molecule has 3 fully saturated rings. The van der Waals surface area contributed by atoms with Crippen LogP contribution in [0.3, 0.4) is 0 Å². The van der Waals surface area contributed by atoms with E-state index in [1.165, 1.54) is 12.8 Å². The largest absolute Gasteiger partial charge is 0.507 e. The van der Waals surface area contributed by atoms with E-state index in [2.05, 4.69) is 17.1 Å². The smallest absolute Gasteiger partial charge is 0.268 e. The van der Waals surface area contributed by atoms with Crippen molar-refractivity contribution in [2.45, 2.75) is 31.8 Å². The van der Waals surface area contributed by atoms with Crippen molar-refractivity contribution < 1.29 is 9.90 Å². The number of amides is 1. The molecular weight excluding hydrogens is 314 g/mol. The Hall–Kier alpha value is -2.27. The Balaban J connectivity index is 1.57. The number of benzene rings is 1. The van der Waals surface area contributed by atoms with Crippen molar-refractivity contribution in [2.75, 3.05) is 13.1 Å². The lowest BCUT2D eigenvalue weighted by molar-refractivity contribution is 0.0215. The molecule has 3 aliphatic heterocycles. The predicted molar refractivity (Wildman–Crippen MR) is 97.5 cm³/mol. The number of nitrogens with zero attached hydrogens (tertiary/aromatic N) is 2. The van der Waals surface area contributed by atoms with Gasteiger partial charge in [-0.3, -0.25) is 9.69 Å². The molecule has 5 nitrogen and oxygen atoms in total. The number of hydrogen-bond donors (Lipinski definition) is 2. The van der Waals surface area contributed by atoms with Crippen LogP contribution in [-0.2, 0) is 7.05 Å². The Bertz CT molecular complexity index is 788. The first kappa shape index (κ1) is 16.2. The molecule has 3 aliphatic rings. The Labute approximate surface area is 148 Å². The van der Waals surface area contributed by atoms with Crippen molar-refractivity contribution in [3.05, 3.63) is 42.1 Å². The second-order valence-corrected chi connectivity index (χ2v) is 7.29. The number of piperidine rings is 3. The number of hydrogen-bond acceptors (Lipinski definition) is 3. The van der Waals surface area contributed by atoms with E-state index in [-0.39, 0.29) is 17.7 Å². The molecule has 0 unspecified atom stereocenters. The van der Waals surface area contributed by atoms with Crippen LogP contribution < -0.4 is 5.32 Å². The van der Waals surface area contributed by atoms with E-state index < -0.39 is 0 Å². The minimum atomic E-state index is -0.0326. The molecule has 2 atom stereocenters. The number of carbonyl (C=O) groups is 1. The fraction of sp³-hybridized carbons (Fsp3) is 0.450. The molecule has 132 valence electrons. The minimum absolute atomic E-state index is 0.0326. The highest BCUT2D eigenvalue weighted by molar-refractivity contribution is 5.94. The summed E-state index contributed by atoms with van der Waals surface area (Å²) in [6, 6.07) is 11.6. The van der Waals surface area contributed by atoms with Gasteiger partial charge in [-0.05, 0) is 63.0 Å². The van der Waals surface area contributed by atoms with Gasteiger partial charge in [0.05, 0.1) is 5.69 Å². The highest BCUT2D eigenvalue weighted by atomic mass is 16.3. The second kappa shape index (κ2) is 6.23. The van der Waals surface area contributed by atoms with Gasteiger partial charge in [-0.15, -0.1) is 0 Å². The summed E-state index contributed by atoms with van der Waals surface area (Å²) in [5, 5.41) is 13.4. The number of para-hydroxylation sites is 1. The fourth-order valence-electron chi connectivity index (χ4n) is 4.47. The molecule has 2 N–H and O–H groups in total. The predicted octanol–water partition coefficient (Wildman–Crippen LogP) is 2.61. The Morgan fingerprint density at radius 1 is 1.16 bits per heavy atom. The first-order valence-corrected chi connectivity index (χ1v) is 9.05. The molecule has 0 saturated carbocycles. The molecule has 1 aromatic heterocycles. The summed E-state index contributed by atoms with van der Waals surface area (Å²) in [7, 11) is 1.87. The minimum Gasteiger partial charge on any atom is -0.507 e. The van der Waals surface area contributed by atoms with E-state index >= 15 is 0 Å². The normalized spacial score (nSPS) is 28.1. The van der Waals surface area contributed by atoms with Gasteiger partial charge in [0, 0.05) is 24.7 Å². The highest BCUT2D eigenvalue weighted by Crippen LogP contribution is 2.33. The zero-order valence-electron chi connectivity index (χ0n) is 14.8. The number of aromatic hydroxyl groups is 1. The summed E-state index contributed by atoms with van der Waals surface area (Å²) in [5.74, 6) is 0.776. The van der Waals surface area contributed by atoms with Crippen molar-refractivity contribution in [1.29, 1.82) is 0 Å². The first-order chi connectivity index (χ1) is 12.1. The lowest BCUT2D eigenvalue weighted by Gasteiger charge is -2.49. The van der Waals surface area contributed by atoms with Crippen LogP contribution >= 0.6 is 0 Å². The first-order valence-electron chi connectivity index (χ1n) is 9.05. The van der Waals surface area contributed by atoms with Crippen LogP contribution in [-0.4, -0.2) is 45.7 Å². The van der Waals surface area contributed by atoms with E-state index in [1.54, 1.807) is 12.1 Å². The van der Waals surface area contributed by atoms with Crippen LogP contribution in [0.15, 0.2) is 36.4 Å². The molecule has 3 saturated heterocycles. The Morgan fingerprint density at radius 2 is 1.88 bits per heavy atom. The number of nitrogens with one attached hydrogen (secondary N) is 1. The van der Waals surface area contributed by atoms with Gasteiger partial charge in [0.15, 0.2) is 0 Å². The van der Waals surface area contributed by atoms with Crippen molar-refractivity contribution >= 4 is 5.91 Å². The van der Waals surface area contributed by atoms with Crippen LogP contribution in [0.1, 0.15) is 30.3 Å². The molecule has 25 heavy (non-hydrogen) atoms. The molecule has 1 aromatic carbocycles. The lowest BCUT2D eigenvalue weighted by atomic mass is 9.79. The van der Waals surface area contributed by atoms with Gasteiger partial charge >= 0.3 is 0 Å². The van der Waals surface area contributed by atoms with Crippen LogP contribution in [0.5, 0.6) is 5.75 Å². The molecule has 4 heterocycles. The van der Waals surface area contributed by atoms with Crippen LogP contribution in [0, 0.1) is 5.92 Å². The van der Waals surface area contributed by atoms with Crippen molar-refractivity contribution in [1.82, 2.24) is 14.8 Å². The topological polar surface area (TPSA) is 57.5 Å². The van der Waals surface area contributed by atoms with Crippen LogP contribution in [0.25, 0.3) is 11.3 Å². The van der Waals surface area contributed by atoms with Crippen LogP contribution in [0.4, 0.5) is 0 Å². The third-order valence-electron chi connectivity index (χ3n) is 6.01. The zero-order chi connectivity index (χ0) is 17.6. The molecule has 2 bridgehead atoms. The molecular formula is C20H25N3O2. The van der Waals surface area contributed by atoms with Crippen LogP contribution in [0.2, 0.25) is 0 Å². The van der Waals surface area contributed by atoms with Crippen molar-refractivity contribution in [3.8, 4) is 17.0 Å². The molecule has 1 amide bonds. The average Bonchev–Trinajstić information content (AvgIpc) is 3.00. The summed E-state index contributed by atoms with van der Waals surface area (Å²) < 4.78 is 1.86. The molecule has 5 heteroatoms. The van der Waals surface area contributed by atoms with E-state index in [4.69, 9.17) is 0 Å². The summed E-state index contributed by atoms with van der Waals surface area (Å²) in [5.41, 5.74) is 2.20. The quantitative estimate of drug-likeness (QED) is 0.904. The average molecular weight is 339 g/mol. The zero-order valence-corrected chi connectivity index (χ0v) is 14.8. The molecule has 5 rings (SSSR count). The SMILES string of the molecule is C[C@H]1[C@H](NC(=O)c2ccc(-c3ccccc3O)n2C)C2CCN1CC2. The maximum Gasteiger partial charge on any atom is 0.268 e. The van der Waals surface area contributed by atoms with Gasteiger partial charge in [-0.1, -0.05) is 12.1 Å². The van der Waals surface area contributed by atoms with Gasteiger partial charge in [-0.25, -0.2) is 0 Å². The number of fused-ring (bicyclic) bond motifs is 3. The molecule has 0 aliphatic carbocycles. The van der Waals surface area contributed by atoms with Gasteiger partial charge in [0.25, 0.3) is 5.91 Å². The maximum absolute atomic E-state index is 12.9. The Kier molecular flexibility index (Phi) is 4.04. The second-order valence-electron chi connectivity index (χ2n) is 7.29. The van der Waals surface area contributed by atoms with Gasteiger partial charge < -0.3 is 15.0 Å². The molecule has 0 spiro atoms. The van der Waals surface area contributed by atoms with Crippen molar-refractivity contribution in [2.24, 2.45) is 13.0 Å². The Morgan fingerprint density at radius 3 is 2.56 bits per heavy atom. The van der Waals surface area contributed by atoms with E-state index in [9.17, 15) is 9.90 Å². The summed E-state index contributed by atoms with van der Waals surface area (Å²) in [6.07, 6.45) is 2.34. The summed E-state index contributed by atoms with van der Waals surface area (Å²) >= 11 is 0.